The Bertz CT molecular complexity index is 1090. The van der Waals surface area contributed by atoms with Crippen molar-refractivity contribution >= 4 is 28.8 Å². The Labute approximate surface area is 176 Å². The summed E-state index contributed by atoms with van der Waals surface area (Å²) in [5.41, 5.74) is 3.51. The molecule has 2 amide bonds. The summed E-state index contributed by atoms with van der Waals surface area (Å²) < 4.78 is 2.11. The molecule has 0 bridgehead atoms. The molecule has 1 fully saturated rings. The van der Waals surface area contributed by atoms with E-state index in [2.05, 4.69) is 16.5 Å². The van der Waals surface area contributed by atoms with Crippen LogP contribution in [-0.4, -0.2) is 39.4 Å². The summed E-state index contributed by atoms with van der Waals surface area (Å²) in [5, 5.41) is 3.01. The standard InChI is InChI=1S/C24H26N4O2/c1-3-21(29)27-15-8-7-13-19(16-27)28-22-17(2)10-9-14-20(22)25-24(28)26-23(30)18-11-5-4-6-12-18/h3-6,9-12,14,19H,1,7-8,13,15-16H2,2H3,(H,25,26,30). The average molecular weight is 402 g/mol. The number of amides is 2. The fourth-order valence-corrected chi connectivity index (χ4v) is 4.19. The van der Waals surface area contributed by atoms with Crippen LogP contribution in [-0.2, 0) is 4.79 Å². The lowest BCUT2D eigenvalue weighted by Gasteiger charge is -2.26. The van der Waals surface area contributed by atoms with Crippen molar-refractivity contribution in [3.63, 3.8) is 0 Å². The van der Waals surface area contributed by atoms with E-state index in [1.54, 1.807) is 12.1 Å². The molecular weight excluding hydrogens is 376 g/mol. The van der Waals surface area contributed by atoms with Crippen LogP contribution in [0.15, 0.2) is 61.2 Å². The number of fused-ring (bicyclic) bond motifs is 1. The Balaban J connectivity index is 1.77. The van der Waals surface area contributed by atoms with Crippen molar-refractivity contribution in [2.45, 2.75) is 32.2 Å². The summed E-state index contributed by atoms with van der Waals surface area (Å²) in [6, 6.07) is 15.1. The van der Waals surface area contributed by atoms with E-state index in [4.69, 9.17) is 4.98 Å². The van der Waals surface area contributed by atoms with E-state index in [0.29, 0.717) is 18.1 Å². The highest BCUT2D eigenvalue weighted by Crippen LogP contribution is 2.32. The quantitative estimate of drug-likeness (QED) is 0.660. The molecule has 30 heavy (non-hydrogen) atoms. The Morgan fingerprint density at radius 3 is 2.70 bits per heavy atom. The second-order valence-corrected chi connectivity index (χ2v) is 7.71. The lowest BCUT2D eigenvalue weighted by molar-refractivity contribution is -0.126. The molecule has 1 atom stereocenters. The van der Waals surface area contributed by atoms with Crippen LogP contribution in [0.25, 0.3) is 11.0 Å². The molecule has 0 saturated carbocycles. The number of carbonyl (C=O) groups excluding carboxylic acids is 2. The normalized spacial score (nSPS) is 16.8. The smallest absolute Gasteiger partial charge is 0.257 e. The zero-order valence-corrected chi connectivity index (χ0v) is 17.2. The summed E-state index contributed by atoms with van der Waals surface area (Å²) in [7, 11) is 0. The molecule has 1 N–H and O–H groups in total. The Hall–Kier alpha value is -3.41. The van der Waals surface area contributed by atoms with E-state index in [1.165, 1.54) is 6.08 Å². The van der Waals surface area contributed by atoms with Gasteiger partial charge < -0.3 is 9.47 Å². The van der Waals surface area contributed by atoms with Crippen LogP contribution in [0.1, 0.15) is 41.2 Å². The van der Waals surface area contributed by atoms with Crippen molar-refractivity contribution in [3.8, 4) is 0 Å². The number of anilines is 1. The van der Waals surface area contributed by atoms with Crippen molar-refractivity contribution < 1.29 is 9.59 Å². The maximum absolute atomic E-state index is 12.9. The van der Waals surface area contributed by atoms with E-state index in [9.17, 15) is 9.59 Å². The molecule has 1 aliphatic heterocycles. The van der Waals surface area contributed by atoms with Gasteiger partial charge in [-0.2, -0.15) is 0 Å². The Morgan fingerprint density at radius 1 is 1.13 bits per heavy atom. The molecule has 0 aliphatic carbocycles. The molecule has 1 saturated heterocycles. The summed E-state index contributed by atoms with van der Waals surface area (Å²) in [6.45, 7) is 6.98. The fourth-order valence-electron chi connectivity index (χ4n) is 4.19. The first kappa shape index (κ1) is 19.9. The molecule has 3 aromatic rings. The van der Waals surface area contributed by atoms with Gasteiger partial charge in [0.1, 0.15) is 0 Å². The number of carbonyl (C=O) groups is 2. The molecule has 6 heteroatoms. The van der Waals surface area contributed by atoms with Crippen LogP contribution in [0.5, 0.6) is 0 Å². The second kappa shape index (κ2) is 8.53. The molecule has 2 aromatic carbocycles. The predicted molar refractivity (Wildman–Crippen MR) is 119 cm³/mol. The highest BCUT2D eigenvalue weighted by molar-refractivity contribution is 6.04. The highest BCUT2D eigenvalue weighted by atomic mass is 16.2. The maximum Gasteiger partial charge on any atom is 0.257 e. The molecule has 6 nitrogen and oxygen atoms in total. The summed E-state index contributed by atoms with van der Waals surface area (Å²) in [5.74, 6) is 0.265. The van der Waals surface area contributed by atoms with Crippen LogP contribution >= 0.6 is 0 Å². The molecule has 154 valence electrons. The zero-order valence-electron chi connectivity index (χ0n) is 17.2. The number of para-hydroxylation sites is 1. The molecule has 4 rings (SSSR count). The fraction of sp³-hybridized carbons (Fsp3) is 0.292. The number of rotatable bonds is 4. The summed E-state index contributed by atoms with van der Waals surface area (Å²) in [4.78, 5) is 31.8. The van der Waals surface area contributed by atoms with E-state index in [1.807, 2.05) is 48.2 Å². The molecule has 2 heterocycles. The molecule has 1 unspecified atom stereocenters. The largest absolute Gasteiger partial charge is 0.337 e. The van der Waals surface area contributed by atoms with E-state index < -0.39 is 0 Å². The minimum Gasteiger partial charge on any atom is -0.337 e. The third kappa shape index (κ3) is 3.85. The number of imidazole rings is 1. The minimum absolute atomic E-state index is 0.0218. The van der Waals surface area contributed by atoms with E-state index in [0.717, 1.165) is 42.4 Å². The van der Waals surface area contributed by atoms with Gasteiger partial charge in [-0.05, 0) is 56.0 Å². The Kier molecular flexibility index (Phi) is 5.65. The number of hydrogen-bond donors (Lipinski definition) is 1. The molecule has 0 radical (unpaired) electrons. The van der Waals surface area contributed by atoms with Gasteiger partial charge in [0, 0.05) is 18.7 Å². The number of aryl methyl sites for hydroxylation is 1. The van der Waals surface area contributed by atoms with Crippen LogP contribution < -0.4 is 5.32 Å². The van der Waals surface area contributed by atoms with Crippen molar-refractivity contribution in [2.75, 3.05) is 18.4 Å². The number of likely N-dealkylation sites (tertiary alicyclic amines) is 1. The van der Waals surface area contributed by atoms with Gasteiger partial charge in [-0.25, -0.2) is 4.98 Å². The van der Waals surface area contributed by atoms with Gasteiger partial charge in [0.25, 0.3) is 5.91 Å². The topological polar surface area (TPSA) is 67.2 Å². The van der Waals surface area contributed by atoms with Crippen molar-refractivity contribution in [2.24, 2.45) is 0 Å². The number of aromatic nitrogens is 2. The van der Waals surface area contributed by atoms with Gasteiger partial charge in [0.15, 0.2) is 0 Å². The minimum atomic E-state index is -0.197. The number of nitrogens with zero attached hydrogens (tertiary/aromatic N) is 3. The van der Waals surface area contributed by atoms with E-state index in [-0.39, 0.29) is 17.9 Å². The second-order valence-electron chi connectivity index (χ2n) is 7.71. The lowest BCUT2D eigenvalue weighted by atomic mass is 10.1. The number of benzene rings is 2. The Morgan fingerprint density at radius 2 is 1.93 bits per heavy atom. The molecule has 1 aromatic heterocycles. The van der Waals surface area contributed by atoms with Crippen LogP contribution in [0, 0.1) is 6.92 Å². The SMILES string of the molecule is C=CC(=O)N1CCCCC(n2c(NC(=O)c3ccccc3)nc3cccc(C)c32)C1. The first-order chi connectivity index (χ1) is 14.6. The van der Waals surface area contributed by atoms with Crippen molar-refractivity contribution in [3.05, 3.63) is 72.3 Å². The summed E-state index contributed by atoms with van der Waals surface area (Å²) in [6.07, 6.45) is 4.24. The van der Waals surface area contributed by atoms with Crippen molar-refractivity contribution in [1.82, 2.24) is 14.5 Å². The van der Waals surface area contributed by atoms with Gasteiger partial charge in [-0.15, -0.1) is 0 Å². The monoisotopic (exact) mass is 402 g/mol. The third-order valence-electron chi connectivity index (χ3n) is 5.67. The van der Waals surface area contributed by atoms with Crippen LogP contribution in [0.2, 0.25) is 0 Å². The molecule has 0 spiro atoms. The molecule has 1 aliphatic rings. The van der Waals surface area contributed by atoms with Gasteiger partial charge >= 0.3 is 0 Å². The number of hydrogen-bond acceptors (Lipinski definition) is 3. The lowest BCUT2D eigenvalue weighted by Crippen LogP contribution is -2.34. The maximum atomic E-state index is 12.9. The van der Waals surface area contributed by atoms with Crippen molar-refractivity contribution in [1.29, 1.82) is 0 Å². The van der Waals surface area contributed by atoms with Crippen LogP contribution in [0.3, 0.4) is 0 Å². The van der Waals surface area contributed by atoms with Crippen LogP contribution in [0.4, 0.5) is 5.95 Å². The van der Waals surface area contributed by atoms with Gasteiger partial charge in [-0.1, -0.05) is 36.9 Å². The van der Waals surface area contributed by atoms with Gasteiger partial charge in [0.05, 0.1) is 17.1 Å². The predicted octanol–water partition coefficient (Wildman–Crippen LogP) is 4.34. The third-order valence-corrected chi connectivity index (χ3v) is 5.67. The molecular formula is C24H26N4O2. The van der Waals surface area contributed by atoms with E-state index >= 15 is 0 Å². The zero-order chi connectivity index (χ0) is 21.1. The highest BCUT2D eigenvalue weighted by Gasteiger charge is 2.27. The first-order valence-electron chi connectivity index (χ1n) is 10.3. The number of nitrogens with one attached hydrogen (secondary N) is 1. The first-order valence-corrected chi connectivity index (χ1v) is 10.3. The van der Waals surface area contributed by atoms with Gasteiger partial charge in [0.2, 0.25) is 11.9 Å². The van der Waals surface area contributed by atoms with Gasteiger partial charge in [-0.3, -0.25) is 14.9 Å². The summed E-state index contributed by atoms with van der Waals surface area (Å²) >= 11 is 0. The average Bonchev–Trinajstić information content (AvgIpc) is 2.96.